The van der Waals surface area contributed by atoms with E-state index < -0.39 is 0 Å². The fourth-order valence-corrected chi connectivity index (χ4v) is 2.52. The maximum atomic E-state index is 12.5. The molecule has 110 valence electrons. The van der Waals surface area contributed by atoms with E-state index >= 15 is 0 Å². The number of hydrogen-bond donors (Lipinski definition) is 1. The summed E-state index contributed by atoms with van der Waals surface area (Å²) in [7, 11) is 0. The summed E-state index contributed by atoms with van der Waals surface area (Å²) in [6, 6.07) is 11.0. The number of carbonyl (C=O) groups is 1. The zero-order valence-corrected chi connectivity index (χ0v) is 13.6. The summed E-state index contributed by atoms with van der Waals surface area (Å²) in [6.45, 7) is 0. The summed E-state index contributed by atoms with van der Waals surface area (Å²) in [6.07, 6.45) is 3.26. The van der Waals surface area contributed by atoms with Crippen LogP contribution in [-0.2, 0) is 4.79 Å². The second-order valence-corrected chi connectivity index (χ2v) is 6.03. The van der Waals surface area contributed by atoms with Crippen molar-refractivity contribution in [1.82, 2.24) is 10.2 Å². The Labute approximate surface area is 138 Å². The molecule has 0 aliphatic carbocycles. The zero-order valence-electron chi connectivity index (χ0n) is 11.2. The Morgan fingerprint density at radius 1 is 1.27 bits per heavy atom. The minimum Gasteiger partial charge on any atom is -0.465 e. The molecule has 0 aliphatic heterocycles. The molecule has 2 heterocycles. The molecule has 7 heteroatoms. The number of anilines is 1. The van der Waals surface area contributed by atoms with E-state index in [0.29, 0.717) is 16.5 Å². The van der Waals surface area contributed by atoms with Crippen LogP contribution in [0, 0.1) is 0 Å². The molecule has 0 aliphatic rings. The van der Waals surface area contributed by atoms with Crippen LogP contribution in [0.1, 0.15) is 11.3 Å². The minimum absolute atomic E-state index is 0.268. The average Bonchev–Trinajstić information content (AvgIpc) is 3.19. The number of nitrogens with zero attached hydrogens (tertiary/aromatic N) is 2. The first-order valence-electron chi connectivity index (χ1n) is 6.31. The van der Waals surface area contributed by atoms with E-state index in [1.807, 2.05) is 24.3 Å². The summed E-state index contributed by atoms with van der Waals surface area (Å²) in [5.74, 6) is 0.334. The van der Waals surface area contributed by atoms with Gasteiger partial charge in [-0.05, 0) is 35.9 Å². The molecule has 0 saturated carbocycles. The van der Waals surface area contributed by atoms with Gasteiger partial charge in [0.1, 0.15) is 11.3 Å². The van der Waals surface area contributed by atoms with Crippen LogP contribution in [0.5, 0.6) is 0 Å². The minimum atomic E-state index is -0.268. The van der Waals surface area contributed by atoms with Gasteiger partial charge in [0, 0.05) is 4.47 Å². The monoisotopic (exact) mass is 375 g/mol. The third kappa shape index (κ3) is 3.49. The molecular formula is C15H10BrN3O2S. The van der Waals surface area contributed by atoms with E-state index in [4.69, 9.17) is 4.42 Å². The van der Waals surface area contributed by atoms with Gasteiger partial charge >= 0.3 is 0 Å². The van der Waals surface area contributed by atoms with Crippen molar-refractivity contribution >= 4 is 50.0 Å². The van der Waals surface area contributed by atoms with Crippen molar-refractivity contribution in [3.63, 3.8) is 0 Å². The molecular weight excluding hydrogens is 366 g/mol. The Hall–Kier alpha value is -2.25. The van der Waals surface area contributed by atoms with Gasteiger partial charge in [-0.3, -0.25) is 10.1 Å². The lowest BCUT2D eigenvalue weighted by Gasteiger charge is -2.07. The number of aromatic nitrogens is 2. The fraction of sp³-hybridized carbons (Fsp3) is 0. The highest BCUT2D eigenvalue weighted by molar-refractivity contribution is 9.10. The second-order valence-electron chi connectivity index (χ2n) is 4.28. The molecule has 2 aromatic heterocycles. The van der Waals surface area contributed by atoms with Gasteiger partial charge in [-0.25, -0.2) is 0 Å². The smallest absolute Gasteiger partial charge is 0.258 e. The van der Waals surface area contributed by atoms with Crippen molar-refractivity contribution in [1.29, 1.82) is 0 Å². The maximum Gasteiger partial charge on any atom is 0.258 e. The highest BCUT2D eigenvalue weighted by atomic mass is 79.9. The van der Waals surface area contributed by atoms with Crippen LogP contribution in [0.4, 0.5) is 5.13 Å². The molecule has 0 saturated heterocycles. The van der Waals surface area contributed by atoms with Gasteiger partial charge in [-0.15, -0.1) is 10.2 Å². The van der Waals surface area contributed by atoms with Crippen LogP contribution >= 0.6 is 27.3 Å². The van der Waals surface area contributed by atoms with Crippen molar-refractivity contribution in [3.8, 4) is 0 Å². The van der Waals surface area contributed by atoms with E-state index in [0.717, 1.165) is 10.0 Å². The quantitative estimate of drug-likeness (QED) is 0.697. The van der Waals surface area contributed by atoms with Gasteiger partial charge in [0.05, 0.1) is 11.8 Å². The molecule has 3 aromatic rings. The lowest BCUT2D eigenvalue weighted by Crippen LogP contribution is -2.13. The summed E-state index contributed by atoms with van der Waals surface area (Å²) in [5, 5.41) is 10.7. The van der Waals surface area contributed by atoms with Crippen molar-refractivity contribution < 1.29 is 9.21 Å². The number of benzene rings is 1. The van der Waals surface area contributed by atoms with Crippen LogP contribution in [0.3, 0.4) is 0 Å². The SMILES string of the molecule is O=C(Nc1nncs1)C(=Cc1ccco1)c1ccc(Br)cc1. The summed E-state index contributed by atoms with van der Waals surface area (Å²) in [4.78, 5) is 12.5. The Morgan fingerprint density at radius 3 is 2.73 bits per heavy atom. The molecule has 3 rings (SSSR count). The van der Waals surface area contributed by atoms with Crippen molar-refractivity contribution in [3.05, 3.63) is 64.0 Å². The predicted molar refractivity (Wildman–Crippen MR) is 89.3 cm³/mol. The molecule has 1 amide bonds. The molecule has 0 unspecified atom stereocenters. The topological polar surface area (TPSA) is 68.0 Å². The van der Waals surface area contributed by atoms with E-state index in [1.54, 1.807) is 30.0 Å². The number of furan rings is 1. The number of rotatable bonds is 4. The zero-order chi connectivity index (χ0) is 15.4. The standard InChI is InChI=1S/C15H10BrN3O2S/c16-11-5-3-10(4-6-11)13(8-12-2-1-7-21-12)14(20)18-15-19-17-9-22-15/h1-9H,(H,18,19,20). The largest absolute Gasteiger partial charge is 0.465 e. The summed E-state index contributed by atoms with van der Waals surface area (Å²) >= 11 is 4.65. The lowest BCUT2D eigenvalue weighted by molar-refractivity contribution is -0.111. The normalized spacial score (nSPS) is 11.4. The molecule has 1 aromatic carbocycles. The number of amides is 1. The average molecular weight is 376 g/mol. The second kappa shape index (κ2) is 6.67. The highest BCUT2D eigenvalue weighted by Crippen LogP contribution is 2.23. The maximum absolute atomic E-state index is 12.5. The molecule has 0 atom stereocenters. The van der Waals surface area contributed by atoms with Crippen LogP contribution in [0.15, 0.2) is 57.1 Å². The van der Waals surface area contributed by atoms with Gasteiger partial charge in [-0.1, -0.05) is 39.4 Å². The van der Waals surface area contributed by atoms with Gasteiger partial charge in [0.2, 0.25) is 5.13 Å². The first kappa shape index (κ1) is 14.7. The Kier molecular flexibility index (Phi) is 4.45. The third-order valence-corrected chi connectivity index (χ3v) is 3.95. The molecule has 22 heavy (non-hydrogen) atoms. The number of carbonyl (C=O) groups excluding carboxylic acids is 1. The third-order valence-electron chi connectivity index (χ3n) is 2.81. The first-order valence-corrected chi connectivity index (χ1v) is 7.98. The number of halogens is 1. The van der Waals surface area contributed by atoms with Crippen LogP contribution in [-0.4, -0.2) is 16.1 Å². The predicted octanol–water partition coefficient (Wildman–Crippen LogP) is 4.07. The number of nitrogens with one attached hydrogen (secondary N) is 1. The molecule has 5 nitrogen and oxygen atoms in total. The van der Waals surface area contributed by atoms with Crippen LogP contribution in [0.25, 0.3) is 11.6 Å². The van der Waals surface area contributed by atoms with Crippen molar-refractivity contribution in [2.24, 2.45) is 0 Å². The van der Waals surface area contributed by atoms with Crippen molar-refractivity contribution in [2.45, 2.75) is 0 Å². The van der Waals surface area contributed by atoms with Gasteiger partial charge in [-0.2, -0.15) is 0 Å². The molecule has 1 N–H and O–H groups in total. The molecule has 0 radical (unpaired) electrons. The summed E-state index contributed by atoms with van der Waals surface area (Å²) < 4.78 is 6.25. The summed E-state index contributed by atoms with van der Waals surface area (Å²) in [5.41, 5.74) is 2.82. The van der Waals surface area contributed by atoms with E-state index in [1.165, 1.54) is 11.3 Å². The van der Waals surface area contributed by atoms with E-state index in [-0.39, 0.29) is 5.91 Å². The number of hydrogen-bond acceptors (Lipinski definition) is 5. The Balaban J connectivity index is 1.95. The van der Waals surface area contributed by atoms with Gasteiger partial charge in [0.15, 0.2) is 0 Å². The lowest BCUT2D eigenvalue weighted by atomic mass is 10.0. The van der Waals surface area contributed by atoms with E-state index in [2.05, 4.69) is 31.4 Å². The van der Waals surface area contributed by atoms with E-state index in [9.17, 15) is 4.79 Å². The van der Waals surface area contributed by atoms with Crippen molar-refractivity contribution in [2.75, 3.05) is 5.32 Å². The first-order chi connectivity index (χ1) is 10.7. The van der Waals surface area contributed by atoms with Gasteiger partial charge < -0.3 is 4.42 Å². The Bertz CT molecular complexity index is 781. The molecule has 0 fully saturated rings. The molecule has 0 bridgehead atoms. The Morgan fingerprint density at radius 2 is 2.09 bits per heavy atom. The molecule has 0 spiro atoms. The van der Waals surface area contributed by atoms with Crippen LogP contribution in [0.2, 0.25) is 0 Å². The van der Waals surface area contributed by atoms with Crippen LogP contribution < -0.4 is 5.32 Å². The highest BCUT2D eigenvalue weighted by Gasteiger charge is 2.14. The fourth-order valence-electron chi connectivity index (χ4n) is 1.82. The van der Waals surface area contributed by atoms with Gasteiger partial charge in [0.25, 0.3) is 5.91 Å².